The van der Waals surface area contributed by atoms with Crippen LogP contribution in [-0.2, 0) is 16.1 Å². The minimum atomic E-state index is -4.33. The second-order valence-electron chi connectivity index (χ2n) is 8.46. The number of aryl methyl sites for hydroxylation is 1. The average molecular weight is 402 g/mol. The van der Waals surface area contributed by atoms with Crippen molar-refractivity contribution in [1.29, 1.82) is 0 Å². The van der Waals surface area contributed by atoms with Crippen LogP contribution in [0.25, 0.3) is 0 Å². The maximum absolute atomic E-state index is 13.2. The number of hydrogen-bond donors (Lipinski definition) is 0. The molecule has 0 aromatic carbocycles. The van der Waals surface area contributed by atoms with Crippen molar-refractivity contribution in [1.82, 2.24) is 4.57 Å². The Hall–Kier alpha value is -1.15. The van der Waals surface area contributed by atoms with Gasteiger partial charge in [-0.05, 0) is 63.7 Å². The Labute approximate surface area is 160 Å². The number of nitrogens with zero attached hydrogens (tertiary/aromatic N) is 2. The highest BCUT2D eigenvalue weighted by atomic mass is 32.1. The van der Waals surface area contributed by atoms with Gasteiger partial charge in [-0.1, -0.05) is 0 Å². The molecule has 1 aromatic heterocycles. The normalized spacial score (nSPS) is 32.6. The summed E-state index contributed by atoms with van der Waals surface area (Å²) in [4.78, 5) is 19.3. The SMILES string of the molecule is Cc1s/c(=N\C(=O)C23CC4CC(CC2C4)C3)n(CCOCC(F)(F)F)c1C. The van der Waals surface area contributed by atoms with Crippen LogP contribution in [0.3, 0.4) is 0 Å². The summed E-state index contributed by atoms with van der Waals surface area (Å²) in [5, 5.41) is 0. The van der Waals surface area contributed by atoms with Crippen LogP contribution in [0.4, 0.5) is 13.2 Å². The lowest BCUT2D eigenvalue weighted by Crippen LogP contribution is -2.33. The first-order valence-corrected chi connectivity index (χ1v) is 10.4. The molecule has 27 heavy (non-hydrogen) atoms. The van der Waals surface area contributed by atoms with Gasteiger partial charge in [0.15, 0.2) is 4.80 Å². The Balaban J connectivity index is 1.53. The van der Waals surface area contributed by atoms with Crippen molar-refractivity contribution in [2.75, 3.05) is 13.2 Å². The predicted octanol–water partition coefficient (Wildman–Crippen LogP) is 4.00. The third-order valence-corrected chi connectivity index (χ3v) is 7.82. The molecule has 1 aromatic rings. The van der Waals surface area contributed by atoms with Crippen LogP contribution in [0.1, 0.15) is 42.7 Å². The van der Waals surface area contributed by atoms with E-state index >= 15 is 0 Å². The molecule has 5 rings (SSSR count). The van der Waals surface area contributed by atoms with Gasteiger partial charge in [-0.25, -0.2) is 0 Å². The number of aromatic nitrogens is 1. The number of amides is 1. The van der Waals surface area contributed by atoms with E-state index in [1.165, 1.54) is 17.8 Å². The molecule has 0 radical (unpaired) electrons. The molecular formula is C19H25F3N2O2S. The highest BCUT2D eigenvalue weighted by Crippen LogP contribution is 2.65. The van der Waals surface area contributed by atoms with Gasteiger partial charge in [0.2, 0.25) is 0 Å². The second kappa shape index (κ2) is 6.72. The molecule has 4 saturated carbocycles. The summed E-state index contributed by atoms with van der Waals surface area (Å²) in [6, 6.07) is 0. The van der Waals surface area contributed by atoms with E-state index in [0.29, 0.717) is 22.6 Å². The molecule has 2 unspecified atom stereocenters. The Morgan fingerprint density at radius 1 is 1.26 bits per heavy atom. The molecule has 4 nitrogen and oxygen atoms in total. The Morgan fingerprint density at radius 2 is 1.93 bits per heavy atom. The first-order chi connectivity index (χ1) is 12.7. The van der Waals surface area contributed by atoms with Crippen LogP contribution >= 0.6 is 11.3 Å². The predicted molar refractivity (Wildman–Crippen MR) is 95.2 cm³/mol. The summed E-state index contributed by atoms with van der Waals surface area (Å²) in [5.41, 5.74) is 0.654. The molecule has 0 N–H and O–H groups in total. The fourth-order valence-electron chi connectivity index (χ4n) is 5.63. The number of carbonyl (C=O) groups is 1. The number of carbonyl (C=O) groups excluding carboxylic acids is 1. The third kappa shape index (κ3) is 3.50. The lowest BCUT2D eigenvalue weighted by molar-refractivity contribution is -0.174. The molecule has 4 aliphatic rings. The summed E-state index contributed by atoms with van der Waals surface area (Å²) in [5.74, 6) is 1.82. The molecular weight excluding hydrogens is 377 g/mol. The largest absolute Gasteiger partial charge is 0.411 e. The number of thiazole rings is 1. The van der Waals surface area contributed by atoms with Crippen molar-refractivity contribution < 1.29 is 22.7 Å². The zero-order chi connectivity index (χ0) is 19.4. The van der Waals surface area contributed by atoms with E-state index in [4.69, 9.17) is 4.74 Å². The van der Waals surface area contributed by atoms with Gasteiger partial charge in [0.25, 0.3) is 5.91 Å². The van der Waals surface area contributed by atoms with Crippen LogP contribution < -0.4 is 4.80 Å². The summed E-state index contributed by atoms with van der Waals surface area (Å²) >= 11 is 1.43. The van der Waals surface area contributed by atoms with Crippen LogP contribution in [0.5, 0.6) is 0 Å². The van der Waals surface area contributed by atoms with E-state index in [1.807, 2.05) is 18.4 Å². The molecule has 4 fully saturated rings. The molecule has 0 aliphatic heterocycles. The molecule has 1 amide bonds. The first kappa shape index (κ1) is 19.2. The smallest absolute Gasteiger partial charge is 0.370 e. The number of ether oxygens (including phenoxy) is 1. The maximum Gasteiger partial charge on any atom is 0.411 e. The van der Waals surface area contributed by atoms with Gasteiger partial charge < -0.3 is 9.30 Å². The second-order valence-corrected chi connectivity index (χ2v) is 9.64. The lowest BCUT2D eigenvalue weighted by Gasteiger charge is -2.29. The molecule has 0 spiro atoms. The third-order valence-electron chi connectivity index (χ3n) is 6.73. The molecule has 4 aliphatic carbocycles. The summed E-state index contributed by atoms with van der Waals surface area (Å²) < 4.78 is 43.3. The van der Waals surface area contributed by atoms with E-state index in [1.54, 1.807) is 0 Å². The molecule has 8 heteroatoms. The number of hydrogen-bond acceptors (Lipinski definition) is 3. The van der Waals surface area contributed by atoms with Gasteiger partial charge in [0.1, 0.15) is 6.61 Å². The van der Waals surface area contributed by atoms with Crippen LogP contribution in [-0.4, -0.2) is 29.9 Å². The van der Waals surface area contributed by atoms with E-state index in [9.17, 15) is 18.0 Å². The summed E-state index contributed by atoms with van der Waals surface area (Å²) in [6.45, 7) is 2.79. The number of alkyl halides is 3. The molecule has 0 saturated heterocycles. The van der Waals surface area contributed by atoms with Gasteiger partial charge in [-0.15, -0.1) is 11.3 Å². The molecule has 4 bridgehead atoms. The average Bonchev–Trinajstić information content (AvgIpc) is 3.08. The molecule has 2 atom stereocenters. The standard InChI is InChI=1S/C19H25F3N2O2S/c1-11-12(2)27-17(24(11)3-4-26-10-19(20,21)22)23-16(25)18-8-13-5-14(9-18)7-15(18)6-13/h13-15H,3-10H2,1-2H3/b23-17-. The summed E-state index contributed by atoms with van der Waals surface area (Å²) in [7, 11) is 0. The van der Waals surface area contributed by atoms with Crippen molar-refractivity contribution in [2.45, 2.75) is 58.7 Å². The zero-order valence-corrected chi connectivity index (χ0v) is 16.5. The highest BCUT2D eigenvalue weighted by molar-refractivity contribution is 7.09. The molecule has 150 valence electrons. The zero-order valence-electron chi connectivity index (χ0n) is 15.6. The molecule has 1 heterocycles. The fraction of sp³-hybridized carbons (Fsp3) is 0.789. The minimum absolute atomic E-state index is 0.0107. The Kier molecular flexibility index (Phi) is 4.78. The van der Waals surface area contributed by atoms with Crippen molar-refractivity contribution >= 4 is 17.2 Å². The van der Waals surface area contributed by atoms with E-state index in [0.717, 1.165) is 36.3 Å². The number of rotatable bonds is 5. The number of halogens is 3. The van der Waals surface area contributed by atoms with Crippen LogP contribution in [0, 0.1) is 37.0 Å². The van der Waals surface area contributed by atoms with Crippen molar-refractivity contribution in [3.63, 3.8) is 0 Å². The van der Waals surface area contributed by atoms with E-state index < -0.39 is 12.8 Å². The van der Waals surface area contributed by atoms with Crippen molar-refractivity contribution in [3.05, 3.63) is 15.4 Å². The van der Waals surface area contributed by atoms with E-state index in [2.05, 4.69) is 4.99 Å². The van der Waals surface area contributed by atoms with Crippen LogP contribution in [0.2, 0.25) is 0 Å². The topological polar surface area (TPSA) is 43.6 Å². The van der Waals surface area contributed by atoms with Crippen LogP contribution in [0.15, 0.2) is 4.99 Å². The van der Waals surface area contributed by atoms with Crippen molar-refractivity contribution in [2.24, 2.45) is 28.2 Å². The summed E-state index contributed by atoms with van der Waals surface area (Å²) in [6.07, 6.45) is 1.19. The highest BCUT2D eigenvalue weighted by Gasteiger charge is 2.61. The maximum atomic E-state index is 13.2. The monoisotopic (exact) mass is 402 g/mol. The lowest BCUT2D eigenvalue weighted by atomic mass is 9.75. The van der Waals surface area contributed by atoms with Gasteiger partial charge >= 0.3 is 6.18 Å². The fourth-order valence-corrected chi connectivity index (χ4v) is 6.63. The minimum Gasteiger partial charge on any atom is -0.370 e. The van der Waals surface area contributed by atoms with Gasteiger partial charge in [-0.3, -0.25) is 4.79 Å². The van der Waals surface area contributed by atoms with Crippen molar-refractivity contribution in [3.8, 4) is 0 Å². The Bertz CT molecular complexity index is 797. The first-order valence-electron chi connectivity index (χ1n) is 9.58. The quantitative estimate of drug-likeness (QED) is 0.699. The van der Waals surface area contributed by atoms with Gasteiger partial charge in [-0.2, -0.15) is 18.2 Å². The van der Waals surface area contributed by atoms with E-state index in [-0.39, 0.29) is 24.5 Å². The van der Waals surface area contributed by atoms with Gasteiger partial charge in [0, 0.05) is 17.1 Å². The Morgan fingerprint density at radius 3 is 2.56 bits per heavy atom. The van der Waals surface area contributed by atoms with Gasteiger partial charge in [0.05, 0.1) is 12.0 Å².